The average Bonchev–Trinajstić information content (AvgIpc) is 2.59. The second-order valence-electron chi connectivity index (χ2n) is 8.03. The van der Waals surface area contributed by atoms with Gasteiger partial charge in [0.2, 0.25) is 0 Å². The van der Waals surface area contributed by atoms with Crippen molar-refractivity contribution in [2.75, 3.05) is 0 Å². The summed E-state index contributed by atoms with van der Waals surface area (Å²) in [7, 11) is 0. The molecule has 0 bridgehead atoms. The van der Waals surface area contributed by atoms with Gasteiger partial charge in [-0.15, -0.1) is 0 Å². The summed E-state index contributed by atoms with van der Waals surface area (Å²) in [5, 5.41) is 15.0. The van der Waals surface area contributed by atoms with E-state index >= 15 is 0 Å². The summed E-state index contributed by atoms with van der Waals surface area (Å²) < 4.78 is 0. The molecule has 1 rings (SSSR count). The first-order chi connectivity index (χ1) is 8.68. The van der Waals surface area contributed by atoms with Crippen LogP contribution in [0, 0.1) is 16.2 Å². The zero-order valence-electron chi connectivity index (χ0n) is 13.8. The van der Waals surface area contributed by atoms with Gasteiger partial charge in [0.25, 0.3) is 0 Å². The highest BCUT2D eigenvalue weighted by molar-refractivity contribution is 5.80. The maximum atomic E-state index is 12.1. The van der Waals surface area contributed by atoms with E-state index in [2.05, 4.69) is 38.3 Å². The first-order valence-electron chi connectivity index (χ1n) is 7.00. The maximum absolute atomic E-state index is 12.1. The van der Waals surface area contributed by atoms with Crippen molar-refractivity contribution in [3.05, 3.63) is 0 Å². The Bertz CT molecular complexity index is 422. The minimum atomic E-state index is -1.06. The summed E-state index contributed by atoms with van der Waals surface area (Å²) in [6.45, 7) is 15.1. The number of urea groups is 1. The van der Waals surface area contributed by atoms with E-state index < -0.39 is 16.9 Å². The third-order valence-corrected chi connectivity index (χ3v) is 5.82. The van der Waals surface area contributed by atoms with Gasteiger partial charge in [-0.1, -0.05) is 27.7 Å². The van der Waals surface area contributed by atoms with Gasteiger partial charge in [-0.25, -0.2) is 4.79 Å². The van der Waals surface area contributed by atoms with E-state index in [4.69, 9.17) is 0 Å². The molecule has 0 unspecified atom stereocenters. The summed E-state index contributed by atoms with van der Waals surface area (Å²) in [4.78, 5) is 23.5. The van der Waals surface area contributed by atoms with Gasteiger partial charge in [-0.2, -0.15) is 0 Å². The fraction of sp³-hybridized carbons (Fsp3) is 0.867. The number of carbonyl (C=O) groups is 2. The molecule has 2 amide bonds. The Morgan fingerprint density at radius 3 is 1.70 bits per heavy atom. The Morgan fingerprint density at radius 2 is 1.40 bits per heavy atom. The molecule has 0 aromatic rings. The molecule has 0 radical (unpaired) electrons. The average molecular weight is 284 g/mol. The highest BCUT2D eigenvalue weighted by Gasteiger charge is 2.65. The third kappa shape index (κ3) is 2.38. The fourth-order valence-corrected chi connectivity index (χ4v) is 2.43. The van der Waals surface area contributed by atoms with Crippen molar-refractivity contribution in [2.45, 2.75) is 67.0 Å². The molecule has 0 aromatic carbocycles. The molecule has 5 nitrogen and oxygen atoms in total. The summed E-state index contributed by atoms with van der Waals surface area (Å²) >= 11 is 0. The smallest absolute Gasteiger partial charge is 0.315 e. The molecule has 1 fully saturated rings. The van der Waals surface area contributed by atoms with Gasteiger partial charge in [0, 0.05) is 6.04 Å². The normalized spacial score (nSPS) is 21.2. The van der Waals surface area contributed by atoms with Crippen molar-refractivity contribution < 1.29 is 14.7 Å². The lowest BCUT2D eigenvalue weighted by molar-refractivity contribution is -0.150. The van der Waals surface area contributed by atoms with Crippen molar-refractivity contribution in [2.24, 2.45) is 16.2 Å². The molecular formula is C15H28N2O3. The van der Waals surface area contributed by atoms with Crippen LogP contribution < -0.4 is 10.6 Å². The molecule has 1 saturated carbocycles. The van der Waals surface area contributed by atoms with E-state index in [1.54, 1.807) is 27.7 Å². The predicted molar refractivity (Wildman–Crippen MR) is 78.5 cm³/mol. The highest BCUT2D eigenvalue weighted by atomic mass is 16.4. The summed E-state index contributed by atoms with van der Waals surface area (Å²) in [6.07, 6.45) is 0. The predicted octanol–water partition coefficient (Wildman–Crippen LogP) is 2.61. The van der Waals surface area contributed by atoms with Crippen molar-refractivity contribution in [3.8, 4) is 0 Å². The van der Waals surface area contributed by atoms with Gasteiger partial charge in [0.1, 0.15) is 0 Å². The Hall–Kier alpha value is -1.26. The van der Waals surface area contributed by atoms with Crippen LogP contribution in [0.25, 0.3) is 0 Å². The van der Waals surface area contributed by atoms with Crippen molar-refractivity contribution in [1.82, 2.24) is 10.6 Å². The Kier molecular flexibility index (Phi) is 3.67. The van der Waals surface area contributed by atoms with Crippen molar-refractivity contribution >= 4 is 12.0 Å². The van der Waals surface area contributed by atoms with Crippen LogP contribution in [0.4, 0.5) is 4.79 Å². The third-order valence-electron chi connectivity index (χ3n) is 5.82. The molecule has 0 atom stereocenters. The SMILES string of the molecule is CC(C)(NC(=O)NC1C(C)(C)C1(C)C)C(C)(C)C(=O)O. The zero-order chi connectivity index (χ0) is 16.1. The number of carbonyl (C=O) groups excluding carboxylic acids is 1. The topological polar surface area (TPSA) is 78.4 Å². The minimum Gasteiger partial charge on any atom is -0.481 e. The molecular weight excluding hydrogens is 256 g/mol. The van der Waals surface area contributed by atoms with E-state index in [9.17, 15) is 14.7 Å². The molecule has 1 aliphatic carbocycles. The molecule has 3 N–H and O–H groups in total. The molecule has 116 valence electrons. The number of nitrogens with one attached hydrogen (secondary N) is 2. The van der Waals surface area contributed by atoms with Crippen LogP contribution in [0.5, 0.6) is 0 Å². The largest absolute Gasteiger partial charge is 0.481 e. The van der Waals surface area contributed by atoms with Crippen LogP contribution in [0.3, 0.4) is 0 Å². The number of hydrogen-bond donors (Lipinski definition) is 3. The molecule has 0 spiro atoms. The van der Waals surface area contributed by atoms with E-state index in [1.807, 2.05) is 0 Å². The molecule has 5 heteroatoms. The molecule has 0 heterocycles. The van der Waals surface area contributed by atoms with Crippen LogP contribution in [-0.2, 0) is 4.79 Å². The van der Waals surface area contributed by atoms with E-state index in [1.165, 1.54) is 0 Å². The Labute approximate surface area is 121 Å². The van der Waals surface area contributed by atoms with Gasteiger partial charge in [0.05, 0.1) is 11.0 Å². The number of aliphatic carboxylic acids is 1. The number of carboxylic acid groups (broad SMARTS) is 1. The summed E-state index contributed by atoms with van der Waals surface area (Å²) in [5.41, 5.74) is -1.81. The number of carboxylic acids is 1. The van der Waals surface area contributed by atoms with Crippen LogP contribution in [0.15, 0.2) is 0 Å². The number of rotatable bonds is 4. The molecule has 1 aliphatic rings. The first-order valence-corrected chi connectivity index (χ1v) is 7.00. The number of amides is 2. The van der Waals surface area contributed by atoms with Crippen molar-refractivity contribution in [3.63, 3.8) is 0 Å². The van der Waals surface area contributed by atoms with E-state index in [0.29, 0.717) is 0 Å². The standard InChI is InChI=1S/C15H28N2O3/c1-12(2)9(13(12,3)4)16-11(20)17-15(7,8)14(5,6)10(18)19/h9H,1-8H3,(H,18,19)(H2,16,17,20). The number of hydrogen-bond acceptors (Lipinski definition) is 2. The molecule has 0 aromatic heterocycles. The van der Waals surface area contributed by atoms with Crippen LogP contribution in [0.1, 0.15) is 55.4 Å². The lowest BCUT2D eigenvalue weighted by Crippen LogP contribution is -2.59. The zero-order valence-corrected chi connectivity index (χ0v) is 13.8. The second kappa shape index (κ2) is 4.37. The summed E-state index contributed by atoms with van der Waals surface area (Å²) in [5.74, 6) is -0.935. The summed E-state index contributed by atoms with van der Waals surface area (Å²) in [6, 6.07) is -0.216. The monoisotopic (exact) mass is 284 g/mol. The van der Waals surface area contributed by atoms with Crippen LogP contribution >= 0.6 is 0 Å². The van der Waals surface area contributed by atoms with Gasteiger partial charge >= 0.3 is 12.0 Å². The minimum absolute atomic E-state index is 0.0524. The lowest BCUT2D eigenvalue weighted by Gasteiger charge is -2.38. The quantitative estimate of drug-likeness (QED) is 0.742. The van der Waals surface area contributed by atoms with E-state index in [-0.39, 0.29) is 22.9 Å². The Balaban J connectivity index is 2.71. The van der Waals surface area contributed by atoms with Gasteiger partial charge in [-0.05, 0) is 38.5 Å². The van der Waals surface area contributed by atoms with E-state index in [0.717, 1.165) is 0 Å². The van der Waals surface area contributed by atoms with Gasteiger partial charge in [-0.3, -0.25) is 4.79 Å². The lowest BCUT2D eigenvalue weighted by atomic mass is 9.74. The molecule has 20 heavy (non-hydrogen) atoms. The molecule has 0 aliphatic heterocycles. The first kappa shape index (κ1) is 16.8. The van der Waals surface area contributed by atoms with Crippen molar-refractivity contribution in [1.29, 1.82) is 0 Å². The Morgan fingerprint density at radius 1 is 1.00 bits per heavy atom. The van der Waals surface area contributed by atoms with Crippen LogP contribution in [-0.4, -0.2) is 28.7 Å². The van der Waals surface area contributed by atoms with Gasteiger partial charge in [0.15, 0.2) is 0 Å². The fourth-order valence-electron chi connectivity index (χ4n) is 2.43. The molecule has 0 saturated heterocycles. The highest BCUT2D eigenvalue weighted by Crippen LogP contribution is 2.62. The second-order valence-corrected chi connectivity index (χ2v) is 8.03. The van der Waals surface area contributed by atoms with Crippen LogP contribution in [0.2, 0.25) is 0 Å². The van der Waals surface area contributed by atoms with Gasteiger partial charge < -0.3 is 15.7 Å². The maximum Gasteiger partial charge on any atom is 0.315 e.